The van der Waals surface area contributed by atoms with Crippen LogP contribution in [-0.2, 0) is 13.7 Å². The van der Waals surface area contributed by atoms with Crippen molar-refractivity contribution in [2.24, 2.45) is 12.8 Å². The molecule has 0 saturated carbocycles. The van der Waals surface area contributed by atoms with E-state index in [1.54, 1.807) is 4.68 Å². The maximum absolute atomic E-state index is 6.18. The summed E-state index contributed by atoms with van der Waals surface area (Å²) in [7, 11) is 1.90. The van der Waals surface area contributed by atoms with Gasteiger partial charge in [-0.3, -0.25) is 4.68 Å². The minimum atomic E-state index is -0.0359. The Morgan fingerprint density at radius 2 is 2.16 bits per heavy atom. The van der Waals surface area contributed by atoms with Crippen molar-refractivity contribution in [3.63, 3.8) is 0 Å². The van der Waals surface area contributed by atoms with Crippen molar-refractivity contribution in [2.75, 3.05) is 0 Å². The molecule has 0 unspecified atom stereocenters. The molecule has 4 nitrogen and oxygen atoms in total. The second-order valence-corrected chi connectivity index (χ2v) is 5.08. The summed E-state index contributed by atoms with van der Waals surface area (Å²) in [5, 5.41) is 4.85. The maximum atomic E-state index is 6.18. The number of hydrogen-bond donors (Lipinski definition) is 1. The van der Waals surface area contributed by atoms with Crippen LogP contribution in [0.15, 0.2) is 24.3 Å². The molecule has 2 rings (SSSR count). The first kappa shape index (κ1) is 13.9. The second kappa shape index (κ2) is 5.63. The number of aromatic nitrogens is 2. The molecule has 0 aliphatic carbocycles. The van der Waals surface area contributed by atoms with Gasteiger partial charge in [-0.25, -0.2) is 0 Å². The van der Waals surface area contributed by atoms with Gasteiger partial charge in [0.1, 0.15) is 12.4 Å². The third kappa shape index (κ3) is 3.28. The van der Waals surface area contributed by atoms with Crippen LogP contribution in [-0.4, -0.2) is 9.78 Å². The van der Waals surface area contributed by atoms with Gasteiger partial charge in [-0.2, -0.15) is 5.10 Å². The number of nitrogens with zero attached hydrogens (tertiary/aromatic N) is 2. The van der Waals surface area contributed by atoms with Crippen LogP contribution in [0.3, 0.4) is 0 Å². The number of halogens is 1. The van der Waals surface area contributed by atoms with Crippen LogP contribution in [0, 0.1) is 6.92 Å². The van der Waals surface area contributed by atoms with Gasteiger partial charge in [0.15, 0.2) is 0 Å². The Morgan fingerprint density at radius 1 is 1.42 bits per heavy atom. The minimum Gasteiger partial charge on any atom is -0.486 e. The lowest BCUT2D eigenvalue weighted by atomic mass is 10.1. The van der Waals surface area contributed by atoms with E-state index in [9.17, 15) is 0 Å². The fourth-order valence-electron chi connectivity index (χ4n) is 1.87. The van der Waals surface area contributed by atoms with Crippen molar-refractivity contribution in [2.45, 2.75) is 26.5 Å². The number of rotatable bonds is 4. The van der Waals surface area contributed by atoms with Gasteiger partial charge in [0.05, 0.1) is 16.4 Å². The van der Waals surface area contributed by atoms with Crippen molar-refractivity contribution >= 4 is 11.6 Å². The molecule has 0 radical (unpaired) electrons. The van der Waals surface area contributed by atoms with Gasteiger partial charge in [-0.1, -0.05) is 17.7 Å². The van der Waals surface area contributed by atoms with Crippen molar-refractivity contribution in [3.05, 3.63) is 46.2 Å². The summed E-state index contributed by atoms with van der Waals surface area (Å²) in [6.07, 6.45) is 0. The molecule has 0 aliphatic heterocycles. The number of benzene rings is 1. The number of aryl methyl sites for hydroxylation is 2. The zero-order valence-corrected chi connectivity index (χ0v) is 12.1. The molecule has 1 aromatic heterocycles. The Balaban J connectivity index is 2.10. The standard InChI is InChI=1S/C14H18ClN3O/c1-9-6-12(18(3)17-9)8-19-14-5-4-11(10(2)16)7-13(14)15/h4-7,10H,8,16H2,1-3H3/t10-/m0/s1. The lowest BCUT2D eigenvalue weighted by Crippen LogP contribution is -2.06. The first-order valence-corrected chi connectivity index (χ1v) is 6.52. The lowest BCUT2D eigenvalue weighted by molar-refractivity contribution is 0.295. The van der Waals surface area contributed by atoms with Crippen LogP contribution in [0.4, 0.5) is 0 Å². The predicted octanol–water partition coefficient (Wildman–Crippen LogP) is 2.98. The van der Waals surface area contributed by atoms with E-state index in [2.05, 4.69) is 5.10 Å². The molecule has 19 heavy (non-hydrogen) atoms. The van der Waals surface area contributed by atoms with Gasteiger partial charge in [0.2, 0.25) is 0 Å². The van der Waals surface area contributed by atoms with Gasteiger partial charge >= 0.3 is 0 Å². The van der Waals surface area contributed by atoms with Gasteiger partial charge in [0.25, 0.3) is 0 Å². The molecule has 0 fully saturated rings. The summed E-state index contributed by atoms with van der Waals surface area (Å²) in [5.74, 6) is 0.657. The van der Waals surface area contributed by atoms with Crippen LogP contribution in [0.5, 0.6) is 5.75 Å². The molecule has 0 saturated heterocycles. The molecule has 2 aromatic rings. The Labute approximate surface area is 118 Å². The Hall–Kier alpha value is -1.52. The maximum Gasteiger partial charge on any atom is 0.138 e. The summed E-state index contributed by atoms with van der Waals surface area (Å²) in [6.45, 7) is 4.31. The predicted molar refractivity (Wildman–Crippen MR) is 76.3 cm³/mol. The summed E-state index contributed by atoms with van der Waals surface area (Å²) in [5.41, 5.74) is 8.78. The molecular formula is C14H18ClN3O. The molecule has 0 aliphatic rings. The molecule has 2 N–H and O–H groups in total. The fourth-order valence-corrected chi connectivity index (χ4v) is 2.11. The smallest absolute Gasteiger partial charge is 0.138 e. The molecular weight excluding hydrogens is 262 g/mol. The first-order valence-electron chi connectivity index (χ1n) is 6.14. The second-order valence-electron chi connectivity index (χ2n) is 4.67. The van der Waals surface area contributed by atoms with E-state index in [0.29, 0.717) is 17.4 Å². The molecule has 1 aromatic carbocycles. The number of ether oxygens (including phenoxy) is 1. The van der Waals surface area contributed by atoms with Crippen molar-refractivity contribution < 1.29 is 4.74 Å². The highest BCUT2D eigenvalue weighted by atomic mass is 35.5. The zero-order chi connectivity index (χ0) is 14.0. The SMILES string of the molecule is Cc1cc(COc2ccc([C@H](C)N)cc2Cl)n(C)n1. The Kier molecular flexibility index (Phi) is 4.12. The summed E-state index contributed by atoms with van der Waals surface area (Å²) in [6, 6.07) is 7.58. The summed E-state index contributed by atoms with van der Waals surface area (Å²) < 4.78 is 7.52. The average molecular weight is 280 g/mol. The average Bonchev–Trinajstić information content (AvgIpc) is 2.66. The number of hydrogen-bond acceptors (Lipinski definition) is 3. The summed E-state index contributed by atoms with van der Waals surface area (Å²) in [4.78, 5) is 0. The monoisotopic (exact) mass is 279 g/mol. The third-order valence-electron chi connectivity index (χ3n) is 2.96. The topological polar surface area (TPSA) is 53.1 Å². The quantitative estimate of drug-likeness (QED) is 0.936. The zero-order valence-electron chi connectivity index (χ0n) is 11.4. The highest BCUT2D eigenvalue weighted by Gasteiger charge is 2.08. The molecule has 0 bridgehead atoms. The molecule has 1 atom stereocenters. The Bertz CT molecular complexity index is 578. The van der Waals surface area contributed by atoms with E-state index in [1.165, 1.54) is 0 Å². The van der Waals surface area contributed by atoms with Crippen molar-refractivity contribution in [1.29, 1.82) is 0 Å². The van der Waals surface area contributed by atoms with Crippen LogP contribution in [0.2, 0.25) is 5.02 Å². The van der Waals surface area contributed by atoms with E-state index in [4.69, 9.17) is 22.1 Å². The molecule has 0 spiro atoms. The van der Waals surface area contributed by atoms with Crippen LogP contribution >= 0.6 is 11.6 Å². The van der Waals surface area contributed by atoms with E-state index in [0.717, 1.165) is 17.0 Å². The van der Waals surface area contributed by atoms with Crippen molar-refractivity contribution in [3.8, 4) is 5.75 Å². The highest BCUT2D eigenvalue weighted by molar-refractivity contribution is 6.32. The van der Waals surface area contributed by atoms with Crippen molar-refractivity contribution in [1.82, 2.24) is 9.78 Å². The normalized spacial score (nSPS) is 12.5. The largest absolute Gasteiger partial charge is 0.486 e. The molecule has 5 heteroatoms. The van der Waals surface area contributed by atoms with E-state index in [1.807, 2.05) is 45.2 Å². The first-order chi connectivity index (χ1) is 8.97. The van der Waals surface area contributed by atoms with E-state index < -0.39 is 0 Å². The molecule has 102 valence electrons. The summed E-state index contributed by atoms with van der Waals surface area (Å²) >= 11 is 6.18. The third-order valence-corrected chi connectivity index (χ3v) is 3.25. The van der Waals surface area contributed by atoms with E-state index >= 15 is 0 Å². The molecule has 1 heterocycles. The van der Waals surface area contributed by atoms with Gasteiger partial charge in [-0.15, -0.1) is 0 Å². The van der Waals surface area contributed by atoms with E-state index in [-0.39, 0.29) is 6.04 Å². The van der Waals surface area contributed by atoms with Crippen LogP contribution in [0.1, 0.15) is 29.9 Å². The lowest BCUT2D eigenvalue weighted by Gasteiger charge is -2.11. The van der Waals surface area contributed by atoms with Crippen LogP contribution in [0.25, 0.3) is 0 Å². The molecule has 0 amide bonds. The fraction of sp³-hybridized carbons (Fsp3) is 0.357. The van der Waals surface area contributed by atoms with Gasteiger partial charge < -0.3 is 10.5 Å². The minimum absolute atomic E-state index is 0.0359. The van der Waals surface area contributed by atoms with Gasteiger partial charge in [-0.05, 0) is 37.6 Å². The Morgan fingerprint density at radius 3 is 2.68 bits per heavy atom. The highest BCUT2D eigenvalue weighted by Crippen LogP contribution is 2.28. The van der Waals surface area contributed by atoms with Crippen LogP contribution < -0.4 is 10.5 Å². The van der Waals surface area contributed by atoms with Gasteiger partial charge in [0, 0.05) is 13.1 Å². The number of nitrogens with two attached hydrogens (primary N) is 1.